The number of hydrogen-bond acceptors (Lipinski definition) is 3. The summed E-state index contributed by atoms with van der Waals surface area (Å²) >= 11 is 0. The predicted octanol–water partition coefficient (Wildman–Crippen LogP) is 2.82. The fraction of sp³-hybridized carbons (Fsp3) is 0.611. The summed E-state index contributed by atoms with van der Waals surface area (Å²) in [5, 5.41) is 6.56. The Morgan fingerprint density at radius 3 is 2.78 bits per heavy atom. The number of hydrogen-bond donors (Lipinski definition) is 2. The zero-order chi connectivity index (χ0) is 16.1. The number of anilines is 1. The van der Waals surface area contributed by atoms with Crippen LogP contribution in [0.4, 0.5) is 5.69 Å². The zero-order valence-electron chi connectivity index (χ0n) is 13.6. The first-order valence-electron chi connectivity index (χ1n) is 8.70. The molecule has 0 spiro atoms. The van der Waals surface area contributed by atoms with E-state index in [1.807, 2.05) is 24.3 Å². The molecular weight excluding hydrogens is 308 g/mol. The first-order valence-corrected chi connectivity index (χ1v) is 10.1. The molecule has 126 valence electrons. The van der Waals surface area contributed by atoms with Gasteiger partial charge in [0.1, 0.15) is 0 Å². The summed E-state index contributed by atoms with van der Waals surface area (Å²) in [6.45, 7) is 1.68. The topological polar surface area (TPSA) is 58.2 Å². The number of benzene rings is 1. The van der Waals surface area contributed by atoms with E-state index >= 15 is 0 Å². The molecule has 3 rings (SSSR count). The molecule has 1 aliphatic heterocycles. The van der Waals surface area contributed by atoms with Crippen LogP contribution in [0.5, 0.6) is 0 Å². The van der Waals surface area contributed by atoms with Crippen molar-refractivity contribution in [1.29, 1.82) is 0 Å². The summed E-state index contributed by atoms with van der Waals surface area (Å²) in [6, 6.07) is 7.83. The molecule has 2 fully saturated rings. The normalized spacial score (nSPS) is 23.6. The van der Waals surface area contributed by atoms with E-state index < -0.39 is 10.8 Å². The highest BCUT2D eigenvalue weighted by atomic mass is 32.2. The third-order valence-electron chi connectivity index (χ3n) is 4.86. The maximum Gasteiger partial charge on any atom is 0.228 e. The van der Waals surface area contributed by atoms with Gasteiger partial charge in [-0.25, -0.2) is 0 Å². The van der Waals surface area contributed by atoms with Crippen LogP contribution >= 0.6 is 0 Å². The van der Waals surface area contributed by atoms with Crippen molar-refractivity contribution >= 4 is 22.4 Å². The monoisotopic (exact) mass is 334 g/mol. The van der Waals surface area contributed by atoms with Crippen LogP contribution in [0.25, 0.3) is 0 Å². The van der Waals surface area contributed by atoms with Gasteiger partial charge < -0.3 is 10.6 Å². The minimum absolute atomic E-state index is 0.0648. The summed E-state index contributed by atoms with van der Waals surface area (Å²) < 4.78 is 12.5. The van der Waals surface area contributed by atoms with Gasteiger partial charge in [-0.15, -0.1) is 0 Å². The first kappa shape index (κ1) is 16.7. The van der Waals surface area contributed by atoms with Crippen LogP contribution < -0.4 is 10.6 Å². The van der Waals surface area contributed by atoms with Crippen LogP contribution in [-0.4, -0.2) is 28.5 Å². The highest BCUT2D eigenvalue weighted by molar-refractivity contribution is 7.84. The summed E-state index contributed by atoms with van der Waals surface area (Å²) in [5.74, 6) is 0.745. The maximum absolute atomic E-state index is 12.5. The summed E-state index contributed by atoms with van der Waals surface area (Å²) in [5.41, 5.74) is 1.87. The molecule has 1 aliphatic carbocycles. The van der Waals surface area contributed by atoms with Crippen molar-refractivity contribution in [1.82, 2.24) is 5.32 Å². The molecule has 2 aliphatic rings. The molecular formula is C18H26N2O2S. The SMILES string of the molecule is O=C(Nc1cccc(CS(=O)C2CCCCC2)c1)C1CCNC1. The quantitative estimate of drug-likeness (QED) is 0.870. The lowest BCUT2D eigenvalue weighted by Crippen LogP contribution is -2.24. The fourth-order valence-electron chi connectivity index (χ4n) is 3.47. The Morgan fingerprint density at radius 2 is 2.04 bits per heavy atom. The Labute approximate surface area is 140 Å². The van der Waals surface area contributed by atoms with Crippen LogP contribution in [-0.2, 0) is 21.3 Å². The minimum atomic E-state index is -0.803. The second kappa shape index (κ2) is 8.06. The van der Waals surface area contributed by atoms with Gasteiger partial charge in [0, 0.05) is 34.0 Å². The summed E-state index contributed by atoms with van der Waals surface area (Å²) in [6.07, 6.45) is 6.79. The molecule has 1 saturated heterocycles. The molecule has 1 saturated carbocycles. The van der Waals surface area contributed by atoms with Crippen LogP contribution in [0, 0.1) is 5.92 Å². The molecule has 23 heavy (non-hydrogen) atoms. The largest absolute Gasteiger partial charge is 0.326 e. The molecule has 2 N–H and O–H groups in total. The second-order valence-electron chi connectivity index (χ2n) is 6.66. The fourth-order valence-corrected chi connectivity index (χ4v) is 5.07. The van der Waals surface area contributed by atoms with Crippen molar-refractivity contribution in [3.05, 3.63) is 29.8 Å². The Hall–Kier alpha value is -1.20. The second-order valence-corrected chi connectivity index (χ2v) is 8.38. The van der Waals surface area contributed by atoms with Crippen molar-refractivity contribution < 1.29 is 9.00 Å². The van der Waals surface area contributed by atoms with Gasteiger partial charge in [-0.1, -0.05) is 31.4 Å². The third kappa shape index (κ3) is 4.64. The van der Waals surface area contributed by atoms with Crippen LogP contribution in [0.1, 0.15) is 44.1 Å². The van der Waals surface area contributed by atoms with Gasteiger partial charge in [0.15, 0.2) is 0 Å². The summed E-state index contributed by atoms with van der Waals surface area (Å²) in [4.78, 5) is 12.2. The molecule has 0 aromatic heterocycles. The number of carbonyl (C=O) groups excluding carboxylic acids is 1. The number of carbonyl (C=O) groups is 1. The average molecular weight is 334 g/mol. The van der Waals surface area contributed by atoms with Gasteiger partial charge in [-0.05, 0) is 43.5 Å². The molecule has 0 bridgehead atoms. The lowest BCUT2D eigenvalue weighted by molar-refractivity contribution is -0.119. The minimum Gasteiger partial charge on any atom is -0.326 e. The molecule has 1 aromatic carbocycles. The van der Waals surface area contributed by atoms with Gasteiger partial charge in [0.2, 0.25) is 5.91 Å². The highest BCUT2D eigenvalue weighted by Crippen LogP contribution is 2.24. The molecule has 2 unspecified atom stereocenters. The molecule has 4 nitrogen and oxygen atoms in total. The van der Waals surface area contributed by atoms with Gasteiger partial charge >= 0.3 is 0 Å². The maximum atomic E-state index is 12.5. The predicted molar refractivity (Wildman–Crippen MR) is 94.8 cm³/mol. The van der Waals surface area contributed by atoms with E-state index in [2.05, 4.69) is 10.6 Å². The van der Waals surface area contributed by atoms with Crippen molar-refractivity contribution in [2.75, 3.05) is 18.4 Å². The molecule has 1 amide bonds. The van der Waals surface area contributed by atoms with E-state index in [0.717, 1.165) is 43.6 Å². The van der Waals surface area contributed by atoms with Gasteiger partial charge in [-0.2, -0.15) is 0 Å². The zero-order valence-corrected chi connectivity index (χ0v) is 14.4. The number of nitrogens with one attached hydrogen (secondary N) is 2. The highest BCUT2D eigenvalue weighted by Gasteiger charge is 2.23. The molecule has 1 aromatic rings. The van der Waals surface area contributed by atoms with E-state index in [1.54, 1.807) is 0 Å². The Bertz CT molecular complexity index is 564. The van der Waals surface area contributed by atoms with E-state index in [4.69, 9.17) is 0 Å². The van der Waals surface area contributed by atoms with E-state index in [9.17, 15) is 9.00 Å². The number of amides is 1. The smallest absolute Gasteiger partial charge is 0.228 e. The van der Waals surface area contributed by atoms with Crippen LogP contribution in [0.3, 0.4) is 0 Å². The number of rotatable bonds is 5. The average Bonchev–Trinajstić information content (AvgIpc) is 3.10. The van der Waals surface area contributed by atoms with E-state index in [1.165, 1.54) is 19.3 Å². The molecule has 0 radical (unpaired) electrons. The van der Waals surface area contributed by atoms with Gasteiger partial charge in [0.05, 0.1) is 5.92 Å². The Kier molecular flexibility index (Phi) is 5.84. The van der Waals surface area contributed by atoms with Gasteiger partial charge in [0.25, 0.3) is 0 Å². The van der Waals surface area contributed by atoms with Crippen molar-refractivity contribution in [3.63, 3.8) is 0 Å². The van der Waals surface area contributed by atoms with E-state index in [0.29, 0.717) is 11.0 Å². The van der Waals surface area contributed by atoms with Crippen molar-refractivity contribution in [2.45, 2.75) is 49.5 Å². The third-order valence-corrected chi connectivity index (χ3v) is 6.69. The lowest BCUT2D eigenvalue weighted by Gasteiger charge is -2.21. The lowest BCUT2D eigenvalue weighted by atomic mass is 10.0. The van der Waals surface area contributed by atoms with Crippen molar-refractivity contribution in [3.8, 4) is 0 Å². The van der Waals surface area contributed by atoms with Gasteiger partial charge in [-0.3, -0.25) is 9.00 Å². The van der Waals surface area contributed by atoms with Crippen LogP contribution in [0.2, 0.25) is 0 Å². The first-order chi connectivity index (χ1) is 11.2. The Balaban J connectivity index is 1.58. The Morgan fingerprint density at radius 1 is 1.22 bits per heavy atom. The van der Waals surface area contributed by atoms with Crippen molar-refractivity contribution in [2.24, 2.45) is 5.92 Å². The molecule has 2 atom stereocenters. The molecule has 5 heteroatoms. The van der Waals surface area contributed by atoms with Crippen LogP contribution in [0.15, 0.2) is 24.3 Å². The van der Waals surface area contributed by atoms with E-state index in [-0.39, 0.29) is 11.8 Å². The summed E-state index contributed by atoms with van der Waals surface area (Å²) in [7, 11) is -0.803. The standard InChI is InChI=1S/C18H26N2O2S/c21-18(15-9-10-19-12-15)20-16-6-4-5-14(11-16)13-23(22)17-7-2-1-3-8-17/h4-6,11,15,17,19H,1-3,7-10,12-13H2,(H,20,21). The molecule has 1 heterocycles.